The van der Waals surface area contributed by atoms with E-state index in [4.69, 9.17) is 17.0 Å². The molecule has 86 valence electrons. The average molecular weight is 253 g/mol. The Morgan fingerprint density at radius 2 is 2.31 bits per heavy atom. The molecule has 1 aromatic carbocycles. The molecular formula is C12H15NOS2. The van der Waals surface area contributed by atoms with Gasteiger partial charge >= 0.3 is 0 Å². The number of benzene rings is 1. The zero-order chi connectivity index (χ0) is 11.5. The van der Waals surface area contributed by atoms with Gasteiger partial charge in [-0.15, -0.1) is 0 Å². The lowest BCUT2D eigenvalue weighted by atomic mass is 10.1. The normalized spacial score (nSPS) is 17.6. The van der Waals surface area contributed by atoms with Gasteiger partial charge in [0, 0.05) is 12.3 Å². The predicted molar refractivity (Wildman–Crippen MR) is 73.2 cm³/mol. The van der Waals surface area contributed by atoms with E-state index in [2.05, 4.69) is 24.0 Å². The van der Waals surface area contributed by atoms with E-state index in [0.29, 0.717) is 6.04 Å². The molecule has 1 aliphatic rings. The fraction of sp³-hybridized carbons (Fsp3) is 0.417. The van der Waals surface area contributed by atoms with Crippen molar-refractivity contribution in [1.82, 2.24) is 4.90 Å². The molecule has 16 heavy (non-hydrogen) atoms. The van der Waals surface area contributed by atoms with Gasteiger partial charge in [-0.25, -0.2) is 0 Å². The SMILES string of the molecule is COc1cccc(C(C)N2CCSC2=S)c1. The number of rotatable bonds is 3. The van der Waals surface area contributed by atoms with Crippen molar-refractivity contribution in [3.8, 4) is 5.75 Å². The van der Waals surface area contributed by atoms with Crippen LogP contribution >= 0.6 is 24.0 Å². The van der Waals surface area contributed by atoms with Gasteiger partial charge in [-0.1, -0.05) is 36.1 Å². The molecule has 0 N–H and O–H groups in total. The second-order valence-electron chi connectivity index (χ2n) is 3.76. The number of ether oxygens (including phenoxy) is 1. The topological polar surface area (TPSA) is 12.5 Å². The number of thiocarbonyl (C=S) groups is 1. The molecule has 1 heterocycles. The second kappa shape index (κ2) is 5.06. The molecule has 0 amide bonds. The van der Waals surface area contributed by atoms with E-state index in [1.165, 1.54) is 5.56 Å². The van der Waals surface area contributed by atoms with Crippen molar-refractivity contribution in [2.24, 2.45) is 0 Å². The highest BCUT2D eigenvalue weighted by atomic mass is 32.2. The summed E-state index contributed by atoms with van der Waals surface area (Å²) in [6.45, 7) is 3.23. The molecule has 0 aromatic heterocycles. The maximum absolute atomic E-state index is 5.34. The van der Waals surface area contributed by atoms with Crippen molar-refractivity contribution in [2.45, 2.75) is 13.0 Å². The first-order valence-electron chi connectivity index (χ1n) is 5.29. The van der Waals surface area contributed by atoms with Gasteiger partial charge in [-0.2, -0.15) is 0 Å². The van der Waals surface area contributed by atoms with E-state index in [0.717, 1.165) is 22.4 Å². The number of hydrogen-bond donors (Lipinski definition) is 0. The van der Waals surface area contributed by atoms with E-state index >= 15 is 0 Å². The Balaban J connectivity index is 2.19. The van der Waals surface area contributed by atoms with E-state index in [1.54, 1.807) is 18.9 Å². The first-order chi connectivity index (χ1) is 7.72. The fourth-order valence-electron chi connectivity index (χ4n) is 1.84. The minimum Gasteiger partial charge on any atom is -0.497 e. The molecule has 1 aromatic rings. The van der Waals surface area contributed by atoms with Crippen LogP contribution in [0.5, 0.6) is 5.75 Å². The minimum atomic E-state index is 0.331. The number of methoxy groups -OCH3 is 1. The van der Waals surface area contributed by atoms with Crippen molar-refractivity contribution in [2.75, 3.05) is 19.4 Å². The monoisotopic (exact) mass is 253 g/mol. The van der Waals surface area contributed by atoms with Crippen LogP contribution in [-0.4, -0.2) is 28.6 Å². The van der Waals surface area contributed by atoms with Crippen LogP contribution in [0.2, 0.25) is 0 Å². The van der Waals surface area contributed by atoms with Crippen LogP contribution in [0.1, 0.15) is 18.5 Å². The maximum Gasteiger partial charge on any atom is 0.136 e. The summed E-state index contributed by atoms with van der Waals surface area (Å²) in [5.74, 6) is 2.01. The Bertz CT molecular complexity index is 394. The number of hydrogen-bond acceptors (Lipinski definition) is 3. The summed E-state index contributed by atoms with van der Waals surface area (Å²) in [5.41, 5.74) is 1.25. The summed E-state index contributed by atoms with van der Waals surface area (Å²) >= 11 is 7.10. The summed E-state index contributed by atoms with van der Waals surface area (Å²) in [6, 6.07) is 8.52. The fourth-order valence-corrected chi connectivity index (χ4v) is 3.22. The molecule has 0 bridgehead atoms. The van der Waals surface area contributed by atoms with Crippen molar-refractivity contribution in [3.05, 3.63) is 29.8 Å². The molecular weight excluding hydrogens is 238 g/mol. The van der Waals surface area contributed by atoms with Gasteiger partial charge in [0.05, 0.1) is 13.2 Å². The molecule has 0 spiro atoms. The van der Waals surface area contributed by atoms with Crippen LogP contribution in [0, 0.1) is 0 Å². The maximum atomic E-state index is 5.34. The average Bonchev–Trinajstić information content (AvgIpc) is 2.74. The lowest BCUT2D eigenvalue weighted by molar-refractivity contribution is 0.371. The van der Waals surface area contributed by atoms with Gasteiger partial charge in [0.15, 0.2) is 0 Å². The Morgan fingerprint density at radius 3 is 2.94 bits per heavy atom. The zero-order valence-electron chi connectivity index (χ0n) is 9.47. The zero-order valence-corrected chi connectivity index (χ0v) is 11.1. The minimum absolute atomic E-state index is 0.331. The van der Waals surface area contributed by atoms with Crippen LogP contribution in [0.4, 0.5) is 0 Å². The van der Waals surface area contributed by atoms with Crippen molar-refractivity contribution in [3.63, 3.8) is 0 Å². The molecule has 1 aliphatic heterocycles. The molecule has 0 radical (unpaired) electrons. The molecule has 1 fully saturated rings. The van der Waals surface area contributed by atoms with Gasteiger partial charge in [0.2, 0.25) is 0 Å². The molecule has 0 saturated carbocycles. The second-order valence-corrected chi connectivity index (χ2v) is 5.49. The van der Waals surface area contributed by atoms with E-state index in [9.17, 15) is 0 Å². The molecule has 1 saturated heterocycles. The summed E-state index contributed by atoms with van der Waals surface area (Å²) in [5, 5.41) is 0. The van der Waals surface area contributed by atoms with Gasteiger partial charge in [-0.05, 0) is 24.6 Å². The highest BCUT2D eigenvalue weighted by molar-refractivity contribution is 8.23. The molecule has 1 unspecified atom stereocenters. The first-order valence-corrected chi connectivity index (χ1v) is 6.69. The van der Waals surface area contributed by atoms with Crippen LogP contribution in [0.15, 0.2) is 24.3 Å². The quantitative estimate of drug-likeness (QED) is 0.767. The number of thioether (sulfide) groups is 1. The standard InChI is InChI=1S/C12H15NOS2/c1-9(13-6-7-16-12(13)15)10-4-3-5-11(8-10)14-2/h3-5,8-9H,6-7H2,1-2H3. The van der Waals surface area contributed by atoms with Crippen molar-refractivity contribution in [1.29, 1.82) is 0 Å². The summed E-state index contributed by atoms with van der Waals surface area (Å²) in [6.07, 6.45) is 0. The van der Waals surface area contributed by atoms with Crippen molar-refractivity contribution < 1.29 is 4.74 Å². The van der Waals surface area contributed by atoms with Crippen LogP contribution in [-0.2, 0) is 0 Å². The molecule has 0 aliphatic carbocycles. The third-order valence-electron chi connectivity index (χ3n) is 2.84. The molecule has 2 rings (SSSR count). The Hall–Kier alpha value is -0.740. The largest absolute Gasteiger partial charge is 0.497 e. The molecule has 1 atom stereocenters. The van der Waals surface area contributed by atoms with Gasteiger partial charge in [0.25, 0.3) is 0 Å². The predicted octanol–water partition coefficient (Wildman–Crippen LogP) is 3.09. The Kier molecular flexibility index (Phi) is 3.71. The Morgan fingerprint density at radius 1 is 1.50 bits per heavy atom. The van der Waals surface area contributed by atoms with Gasteiger partial charge < -0.3 is 9.64 Å². The van der Waals surface area contributed by atoms with Crippen LogP contribution in [0.3, 0.4) is 0 Å². The van der Waals surface area contributed by atoms with E-state index in [-0.39, 0.29) is 0 Å². The number of nitrogens with zero attached hydrogens (tertiary/aromatic N) is 1. The third-order valence-corrected chi connectivity index (χ3v) is 4.29. The highest BCUT2D eigenvalue weighted by Crippen LogP contribution is 2.30. The summed E-state index contributed by atoms with van der Waals surface area (Å²) in [7, 11) is 1.69. The van der Waals surface area contributed by atoms with Crippen LogP contribution < -0.4 is 4.74 Å². The summed E-state index contributed by atoms with van der Waals surface area (Å²) < 4.78 is 6.25. The highest BCUT2D eigenvalue weighted by Gasteiger charge is 2.23. The molecule has 4 heteroatoms. The third kappa shape index (κ3) is 2.33. The van der Waals surface area contributed by atoms with E-state index < -0.39 is 0 Å². The Labute approximate surface area is 106 Å². The molecule has 2 nitrogen and oxygen atoms in total. The van der Waals surface area contributed by atoms with E-state index in [1.807, 2.05) is 12.1 Å². The van der Waals surface area contributed by atoms with Gasteiger partial charge in [0.1, 0.15) is 10.1 Å². The smallest absolute Gasteiger partial charge is 0.136 e. The lowest BCUT2D eigenvalue weighted by Gasteiger charge is -2.25. The lowest BCUT2D eigenvalue weighted by Crippen LogP contribution is -2.26. The summed E-state index contributed by atoms with van der Waals surface area (Å²) in [4.78, 5) is 2.27. The van der Waals surface area contributed by atoms with Gasteiger partial charge in [-0.3, -0.25) is 0 Å². The van der Waals surface area contributed by atoms with Crippen molar-refractivity contribution >= 4 is 28.3 Å². The first kappa shape index (κ1) is 11.7. The van der Waals surface area contributed by atoms with Crippen LogP contribution in [0.25, 0.3) is 0 Å².